The van der Waals surface area contributed by atoms with E-state index in [4.69, 9.17) is 4.74 Å². The lowest BCUT2D eigenvalue weighted by molar-refractivity contribution is -0.384. The molecule has 6 nitrogen and oxygen atoms in total. The highest BCUT2D eigenvalue weighted by Gasteiger charge is 2.08. The van der Waals surface area contributed by atoms with Crippen molar-refractivity contribution in [3.63, 3.8) is 0 Å². The molecule has 6 heteroatoms. The van der Waals surface area contributed by atoms with Crippen LogP contribution < -0.4 is 10.1 Å². The van der Waals surface area contributed by atoms with Gasteiger partial charge in [-0.1, -0.05) is 12.1 Å². The summed E-state index contributed by atoms with van der Waals surface area (Å²) >= 11 is 0. The van der Waals surface area contributed by atoms with E-state index in [1.165, 1.54) is 6.07 Å². The number of hydrogen-bond donors (Lipinski definition) is 1. The quantitative estimate of drug-likeness (QED) is 0.651. The van der Waals surface area contributed by atoms with Crippen molar-refractivity contribution in [1.29, 1.82) is 0 Å². The number of hydrogen-bond acceptors (Lipinski definition) is 5. The zero-order valence-corrected chi connectivity index (χ0v) is 11.9. The van der Waals surface area contributed by atoms with Crippen LogP contribution in [0.3, 0.4) is 0 Å². The van der Waals surface area contributed by atoms with Crippen molar-refractivity contribution in [1.82, 2.24) is 4.98 Å². The summed E-state index contributed by atoms with van der Waals surface area (Å²) in [7, 11) is 0. The molecule has 1 aromatic heterocycles. The third-order valence-electron chi connectivity index (χ3n) is 2.72. The van der Waals surface area contributed by atoms with Crippen molar-refractivity contribution in [2.24, 2.45) is 0 Å². The van der Waals surface area contributed by atoms with Gasteiger partial charge in [-0.05, 0) is 31.5 Å². The Kier molecular flexibility index (Phi) is 4.71. The van der Waals surface area contributed by atoms with Crippen molar-refractivity contribution in [3.8, 4) is 5.88 Å². The third-order valence-corrected chi connectivity index (χ3v) is 2.72. The van der Waals surface area contributed by atoms with Crippen LogP contribution in [-0.4, -0.2) is 16.0 Å². The molecule has 1 aromatic carbocycles. The number of ether oxygens (including phenoxy) is 1. The molecule has 0 amide bonds. The highest BCUT2D eigenvalue weighted by molar-refractivity contribution is 5.52. The molecule has 0 spiro atoms. The molecule has 0 bridgehead atoms. The molecule has 2 rings (SSSR count). The Bertz CT molecular complexity index is 629. The second-order valence-electron chi connectivity index (χ2n) is 4.80. The van der Waals surface area contributed by atoms with E-state index < -0.39 is 4.92 Å². The Morgan fingerprint density at radius 2 is 2.14 bits per heavy atom. The molecular formula is C15H17N3O3. The summed E-state index contributed by atoms with van der Waals surface area (Å²) in [5.74, 6) is 0.526. The predicted molar refractivity (Wildman–Crippen MR) is 80.4 cm³/mol. The molecule has 0 saturated heterocycles. The number of benzene rings is 1. The lowest BCUT2D eigenvalue weighted by Gasteiger charge is -2.14. The smallest absolute Gasteiger partial charge is 0.269 e. The van der Waals surface area contributed by atoms with Crippen LogP contribution in [0.2, 0.25) is 0 Å². The minimum Gasteiger partial charge on any atom is -0.473 e. The van der Waals surface area contributed by atoms with Crippen LogP contribution in [0.1, 0.15) is 19.4 Å². The molecule has 0 radical (unpaired) electrons. The number of anilines is 1. The molecule has 21 heavy (non-hydrogen) atoms. The minimum absolute atomic E-state index is 0.0262. The van der Waals surface area contributed by atoms with Gasteiger partial charge in [-0.25, -0.2) is 4.98 Å². The van der Waals surface area contributed by atoms with Gasteiger partial charge in [0.2, 0.25) is 5.88 Å². The van der Waals surface area contributed by atoms with Gasteiger partial charge in [-0.15, -0.1) is 0 Å². The fourth-order valence-electron chi connectivity index (χ4n) is 1.82. The van der Waals surface area contributed by atoms with Crippen LogP contribution in [0, 0.1) is 10.1 Å². The van der Waals surface area contributed by atoms with Gasteiger partial charge >= 0.3 is 0 Å². The number of rotatable bonds is 6. The SMILES string of the molecule is CC(C)Oc1ncccc1NCc1cccc([N+](=O)[O-])c1. The summed E-state index contributed by atoms with van der Waals surface area (Å²) in [5.41, 5.74) is 1.67. The van der Waals surface area contributed by atoms with E-state index in [1.807, 2.05) is 32.0 Å². The molecule has 0 aliphatic rings. The first-order valence-corrected chi connectivity index (χ1v) is 6.65. The van der Waals surface area contributed by atoms with E-state index in [9.17, 15) is 10.1 Å². The number of nitro groups is 1. The average Bonchev–Trinajstić information content (AvgIpc) is 2.46. The monoisotopic (exact) mass is 287 g/mol. The van der Waals surface area contributed by atoms with Crippen molar-refractivity contribution in [3.05, 3.63) is 58.3 Å². The van der Waals surface area contributed by atoms with Crippen LogP contribution in [0.4, 0.5) is 11.4 Å². The molecular weight excluding hydrogens is 270 g/mol. The van der Waals surface area contributed by atoms with Crippen LogP contribution in [-0.2, 0) is 6.54 Å². The van der Waals surface area contributed by atoms with Crippen molar-refractivity contribution in [2.45, 2.75) is 26.5 Å². The van der Waals surface area contributed by atoms with Crippen LogP contribution >= 0.6 is 0 Å². The van der Waals surface area contributed by atoms with Gasteiger partial charge in [0, 0.05) is 24.9 Å². The van der Waals surface area contributed by atoms with Gasteiger partial charge in [0.25, 0.3) is 5.69 Å². The molecule has 0 atom stereocenters. The summed E-state index contributed by atoms with van der Waals surface area (Å²) < 4.78 is 5.61. The highest BCUT2D eigenvalue weighted by Crippen LogP contribution is 2.23. The van der Waals surface area contributed by atoms with Gasteiger partial charge in [-0.3, -0.25) is 10.1 Å². The lowest BCUT2D eigenvalue weighted by Crippen LogP contribution is -2.10. The first kappa shape index (κ1) is 14.8. The Balaban J connectivity index is 2.09. The van der Waals surface area contributed by atoms with E-state index in [1.54, 1.807) is 18.3 Å². The molecule has 2 aromatic rings. The Hall–Kier alpha value is -2.63. The largest absolute Gasteiger partial charge is 0.473 e. The second-order valence-corrected chi connectivity index (χ2v) is 4.80. The molecule has 110 valence electrons. The Labute approximate surface area is 122 Å². The fraction of sp³-hybridized carbons (Fsp3) is 0.267. The maximum Gasteiger partial charge on any atom is 0.269 e. The fourth-order valence-corrected chi connectivity index (χ4v) is 1.82. The maximum atomic E-state index is 10.8. The standard InChI is InChI=1S/C15H17N3O3/c1-11(2)21-15-14(7-4-8-16-15)17-10-12-5-3-6-13(9-12)18(19)20/h3-9,11,17H,10H2,1-2H3. The van der Waals surface area contributed by atoms with Gasteiger partial charge in [0.1, 0.15) is 0 Å². The number of non-ortho nitro benzene ring substituents is 1. The zero-order chi connectivity index (χ0) is 15.2. The molecule has 0 saturated carbocycles. The molecule has 0 unspecified atom stereocenters. The van der Waals surface area contributed by atoms with Gasteiger partial charge in [0.05, 0.1) is 16.7 Å². The van der Waals surface area contributed by atoms with E-state index in [-0.39, 0.29) is 11.8 Å². The third kappa shape index (κ3) is 4.17. The summed E-state index contributed by atoms with van der Waals surface area (Å²) in [4.78, 5) is 14.5. The van der Waals surface area contributed by atoms with Crippen molar-refractivity contribution in [2.75, 3.05) is 5.32 Å². The normalized spacial score (nSPS) is 10.4. The van der Waals surface area contributed by atoms with Crippen molar-refractivity contribution >= 4 is 11.4 Å². The van der Waals surface area contributed by atoms with Crippen molar-refractivity contribution < 1.29 is 9.66 Å². The average molecular weight is 287 g/mol. The molecule has 1 heterocycles. The predicted octanol–water partition coefficient (Wildman–Crippen LogP) is 3.39. The number of aromatic nitrogens is 1. The summed E-state index contributed by atoms with van der Waals surface area (Å²) in [6, 6.07) is 10.2. The summed E-state index contributed by atoms with van der Waals surface area (Å²) in [5, 5.41) is 13.9. The molecule has 1 N–H and O–H groups in total. The summed E-state index contributed by atoms with van der Waals surface area (Å²) in [6.45, 7) is 4.32. The van der Waals surface area contributed by atoms with Gasteiger partial charge in [0.15, 0.2) is 0 Å². The first-order valence-electron chi connectivity index (χ1n) is 6.65. The van der Waals surface area contributed by atoms with Crippen LogP contribution in [0.25, 0.3) is 0 Å². The maximum absolute atomic E-state index is 10.8. The summed E-state index contributed by atoms with van der Waals surface area (Å²) in [6.07, 6.45) is 1.69. The van der Waals surface area contributed by atoms with E-state index in [0.29, 0.717) is 12.4 Å². The minimum atomic E-state index is -0.402. The lowest BCUT2D eigenvalue weighted by atomic mass is 10.2. The number of nitrogens with one attached hydrogen (secondary N) is 1. The first-order chi connectivity index (χ1) is 10.1. The Morgan fingerprint density at radius 1 is 1.33 bits per heavy atom. The molecule has 0 fully saturated rings. The van der Waals surface area contributed by atoms with E-state index >= 15 is 0 Å². The molecule has 0 aliphatic carbocycles. The van der Waals surface area contributed by atoms with Gasteiger partial charge in [-0.2, -0.15) is 0 Å². The van der Waals surface area contributed by atoms with Gasteiger partial charge < -0.3 is 10.1 Å². The Morgan fingerprint density at radius 3 is 2.86 bits per heavy atom. The van der Waals surface area contributed by atoms with Crippen LogP contribution in [0.15, 0.2) is 42.6 Å². The van der Waals surface area contributed by atoms with Crippen LogP contribution in [0.5, 0.6) is 5.88 Å². The number of nitrogens with zero attached hydrogens (tertiary/aromatic N) is 2. The number of nitro benzene ring substituents is 1. The number of pyridine rings is 1. The topological polar surface area (TPSA) is 77.3 Å². The van der Waals surface area contributed by atoms with E-state index in [2.05, 4.69) is 10.3 Å². The highest BCUT2D eigenvalue weighted by atomic mass is 16.6. The molecule has 0 aliphatic heterocycles. The van der Waals surface area contributed by atoms with E-state index in [0.717, 1.165) is 11.3 Å². The second kappa shape index (κ2) is 6.69. The zero-order valence-electron chi connectivity index (χ0n) is 11.9.